The third kappa shape index (κ3) is 3.26. The van der Waals surface area contributed by atoms with Gasteiger partial charge in [-0.25, -0.2) is 4.98 Å². The van der Waals surface area contributed by atoms with Gasteiger partial charge in [-0.2, -0.15) is 0 Å². The molecule has 3 heteroatoms. The summed E-state index contributed by atoms with van der Waals surface area (Å²) in [6.45, 7) is 5.10. The minimum Gasteiger partial charge on any atom is -0.340 e. The standard InChI is InChI=1S/C19H21N3/c1-19(2,21-13-15-9-5-3-6-10-15)18-20-14-17(22-18)16-11-7-4-8-12-16/h3-12,14,21H,13H2,1-2H3,(H,20,22). The number of benzene rings is 2. The first-order valence-corrected chi connectivity index (χ1v) is 7.55. The minimum absolute atomic E-state index is 0.219. The van der Waals surface area contributed by atoms with Crippen molar-refractivity contribution in [2.75, 3.05) is 0 Å². The molecule has 2 N–H and O–H groups in total. The lowest BCUT2D eigenvalue weighted by atomic mass is 10.0. The second-order valence-electron chi connectivity index (χ2n) is 5.98. The highest BCUT2D eigenvalue weighted by atomic mass is 15.1. The van der Waals surface area contributed by atoms with E-state index in [-0.39, 0.29) is 5.54 Å². The van der Waals surface area contributed by atoms with Crippen LogP contribution in [0.1, 0.15) is 25.2 Å². The molecule has 3 nitrogen and oxygen atoms in total. The van der Waals surface area contributed by atoms with Gasteiger partial charge in [-0.05, 0) is 25.0 Å². The molecule has 0 aliphatic heterocycles. The molecule has 0 atom stereocenters. The van der Waals surface area contributed by atoms with Gasteiger partial charge in [0.15, 0.2) is 0 Å². The monoisotopic (exact) mass is 291 g/mol. The molecule has 0 saturated carbocycles. The molecule has 0 radical (unpaired) electrons. The molecule has 0 fully saturated rings. The molecule has 112 valence electrons. The van der Waals surface area contributed by atoms with Crippen molar-refractivity contribution >= 4 is 0 Å². The van der Waals surface area contributed by atoms with Crippen molar-refractivity contribution in [3.63, 3.8) is 0 Å². The number of aromatic amines is 1. The van der Waals surface area contributed by atoms with Gasteiger partial charge in [-0.15, -0.1) is 0 Å². The molecule has 0 unspecified atom stereocenters. The third-order valence-corrected chi connectivity index (χ3v) is 3.83. The zero-order valence-electron chi connectivity index (χ0n) is 13.0. The van der Waals surface area contributed by atoms with Crippen molar-refractivity contribution in [2.45, 2.75) is 25.9 Å². The van der Waals surface area contributed by atoms with Crippen LogP contribution >= 0.6 is 0 Å². The molecule has 1 heterocycles. The summed E-state index contributed by atoms with van der Waals surface area (Å²) in [5.41, 5.74) is 3.25. The summed E-state index contributed by atoms with van der Waals surface area (Å²) in [5, 5.41) is 3.56. The van der Waals surface area contributed by atoms with Crippen molar-refractivity contribution in [1.82, 2.24) is 15.3 Å². The van der Waals surface area contributed by atoms with Gasteiger partial charge in [0.1, 0.15) is 5.82 Å². The van der Waals surface area contributed by atoms with Gasteiger partial charge in [0, 0.05) is 6.54 Å². The maximum absolute atomic E-state index is 4.56. The van der Waals surface area contributed by atoms with E-state index in [9.17, 15) is 0 Å². The van der Waals surface area contributed by atoms with E-state index in [4.69, 9.17) is 0 Å². The predicted molar refractivity (Wildman–Crippen MR) is 90.3 cm³/mol. The molecule has 0 spiro atoms. The van der Waals surface area contributed by atoms with Gasteiger partial charge >= 0.3 is 0 Å². The Labute approximate surface area is 131 Å². The smallest absolute Gasteiger partial charge is 0.126 e. The Kier molecular flexibility index (Phi) is 4.07. The zero-order valence-corrected chi connectivity index (χ0v) is 13.0. The fraction of sp³-hybridized carbons (Fsp3) is 0.211. The number of rotatable bonds is 5. The Bertz CT molecular complexity index is 715. The molecular weight excluding hydrogens is 270 g/mol. The maximum Gasteiger partial charge on any atom is 0.126 e. The van der Waals surface area contributed by atoms with E-state index in [1.54, 1.807) is 0 Å². The highest BCUT2D eigenvalue weighted by Gasteiger charge is 2.23. The van der Waals surface area contributed by atoms with Crippen LogP contribution in [0.2, 0.25) is 0 Å². The van der Waals surface area contributed by atoms with Gasteiger partial charge < -0.3 is 10.3 Å². The predicted octanol–water partition coefficient (Wildman–Crippen LogP) is 4.10. The zero-order chi connectivity index (χ0) is 15.4. The van der Waals surface area contributed by atoms with Crippen LogP contribution in [0.25, 0.3) is 11.3 Å². The van der Waals surface area contributed by atoms with E-state index in [0.717, 1.165) is 23.6 Å². The second kappa shape index (κ2) is 6.16. The summed E-state index contributed by atoms with van der Waals surface area (Å²) in [6, 6.07) is 20.7. The number of H-pyrrole nitrogens is 1. The molecule has 1 aromatic heterocycles. The summed E-state index contributed by atoms with van der Waals surface area (Å²) >= 11 is 0. The Hall–Kier alpha value is -2.39. The first kappa shape index (κ1) is 14.5. The number of hydrogen-bond donors (Lipinski definition) is 2. The Morgan fingerprint density at radius 3 is 2.27 bits per heavy atom. The fourth-order valence-electron chi connectivity index (χ4n) is 2.41. The summed E-state index contributed by atoms with van der Waals surface area (Å²) in [4.78, 5) is 7.99. The number of nitrogens with zero attached hydrogens (tertiary/aromatic N) is 1. The second-order valence-corrected chi connectivity index (χ2v) is 5.98. The molecule has 2 aromatic carbocycles. The lowest BCUT2D eigenvalue weighted by Gasteiger charge is -2.24. The van der Waals surface area contributed by atoms with E-state index < -0.39 is 0 Å². The van der Waals surface area contributed by atoms with E-state index in [2.05, 4.69) is 65.5 Å². The van der Waals surface area contributed by atoms with Crippen molar-refractivity contribution in [1.29, 1.82) is 0 Å². The quantitative estimate of drug-likeness (QED) is 0.743. The van der Waals surface area contributed by atoms with E-state index >= 15 is 0 Å². The van der Waals surface area contributed by atoms with Gasteiger partial charge in [0.2, 0.25) is 0 Å². The summed E-state index contributed by atoms with van der Waals surface area (Å²) < 4.78 is 0. The van der Waals surface area contributed by atoms with Gasteiger partial charge in [0.25, 0.3) is 0 Å². The molecule has 0 aliphatic carbocycles. The fourth-order valence-corrected chi connectivity index (χ4v) is 2.41. The highest BCUT2D eigenvalue weighted by Crippen LogP contribution is 2.22. The minimum atomic E-state index is -0.219. The lowest BCUT2D eigenvalue weighted by molar-refractivity contribution is 0.381. The van der Waals surface area contributed by atoms with Crippen LogP contribution in [-0.4, -0.2) is 9.97 Å². The van der Waals surface area contributed by atoms with Crippen LogP contribution < -0.4 is 5.32 Å². The van der Waals surface area contributed by atoms with Crippen molar-refractivity contribution in [2.24, 2.45) is 0 Å². The van der Waals surface area contributed by atoms with Gasteiger partial charge in [-0.3, -0.25) is 0 Å². The molecule has 3 aromatic rings. The van der Waals surface area contributed by atoms with E-state index in [1.807, 2.05) is 30.5 Å². The van der Waals surface area contributed by atoms with Crippen LogP contribution in [0.5, 0.6) is 0 Å². The van der Waals surface area contributed by atoms with Crippen LogP contribution in [0.4, 0.5) is 0 Å². The number of hydrogen-bond acceptors (Lipinski definition) is 2. The lowest BCUT2D eigenvalue weighted by Crippen LogP contribution is -2.37. The Morgan fingerprint density at radius 2 is 1.59 bits per heavy atom. The summed E-state index contributed by atoms with van der Waals surface area (Å²) in [6.07, 6.45) is 1.90. The van der Waals surface area contributed by atoms with E-state index in [0.29, 0.717) is 0 Å². The van der Waals surface area contributed by atoms with Crippen molar-refractivity contribution in [3.05, 3.63) is 78.2 Å². The van der Waals surface area contributed by atoms with Crippen LogP contribution in [0, 0.1) is 0 Å². The van der Waals surface area contributed by atoms with E-state index in [1.165, 1.54) is 5.56 Å². The van der Waals surface area contributed by atoms with Crippen molar-refractivity contribution < 1.29 is 0 Å². The molecule has 0 saturated heterocycles. The third-order valence-electron chi connectivity index (χ3n) is 3.83. The number of imidazole rings is 1. The number of nitrogens with one attached hydrogen (secondary N) is 2. The van der Waals surface area contributed by atoms with Crippen molar-refractivity contribution in [3.8, 4) is 11.3 Å². The number of aromatic nitrogens is 2. The largest absolute Gasteiger partial charge is 0.340 e. The normalized spacial score (nSPS) is 11.5. The molecule has 3 rings (SSSR count). The van der Waals surface area contributed by atoms with Crippen LogP contribution in [-0.2, 0) is 12.1 Å². The van der Waals surface area contributed by atoms with Crippen LogP contribution in [0.3, 0.4) is 0 Å². The molecule has 0 bridgehead atoms. The highest BCUT2D eigenvalue weighted by molar-refractivity contribution is 5.58. The average molecular weight is 291 g/mol. The molecular formula is C19H21N3. The average Bonchev–Trinajstić information content (AvgIpc) is 3.06. The van der Waals surface area contributed by atoms with Gasteiger partial charge in [-0.1, -0.05) is 60.7 Å². The molecule has 0 amide bonds. The first-order chi connectivity index (χ1) is 10.6. The Morgan fingerprint density at radius 1 is 0.955 bits per heavy atom. The summed E-state index contributed by atoms with van der Waals surface area (Å²) in [5.74, 6) is 0.947. The molecule has 0 aliphatic rings. The van der Waals surface area contributed by atoms with Crippen LogP contribution in [0.15, 0.2) is 66.9 Å². The SMILES string of the molecule is CC(C)(NCc1ccccc1)c1ncc(-c2ccccc2)[nH]1. The Balaban J connectivity index is 1.74. The summed E-state index contributed by atoms with van der Waals surface area (Å²) in [7, 11) is 0. The topological polar surface area (TPSA) is 40.7 Å². The maximum atomic E-state index is 4.56. The molecule has 22 heavy (non-hydrogen) atoms. The van der Waals surface area contributed by atoms with Gasteiger partial charge in [0.05, 0.1) is 17.4 Å². The first-order valence-electron chi connectivity index (χ1n) is 7.55.